The first-order valence-electron chi connectivity index (χ1n) is 8.82. The van der Waals surface area contributed by atoms with Crippen molar-refractivity contribution in [1.82, 2.24) is 9.78 Å². The van der Waals surface area contributed by atoms with Crippen LogP contribution in [0, 0.1) is 6.92 Å². The summed E-state index contributed by atoms with van der Waals surface area (Å²) in [6.07, 6.45) is 0. The third-order valence-electron chi connectivity index (χ3n) is 4.21. The molecule has 0 saturated carbocycles. The molecule has 0 N–H and O–H groups in total. The number of carbonyl (C=O) groups excluding carboxylic acids is 1. The Bertz CT molecular complexity index is 950. The van der Waals surface area contributed by atoms with E-state index < -0.39 is 5.97 Å². The third-order valence-corrected chi connectivity index (χ3v) is 4.21. The molecule has 5 heteroatoms. The number of rotatable bonds is 4. The average molecular weight is 364 g/mol. The summed E-state index contributed by atoms with van der Waals surface area (Å²) in [5.74, 6) is 0.643. The molecule has 0 aliphatic carbocycles. The zero-order valence-corrected chi connectivity index (χ0v) is 16.3. The van der Waals surface area contributed by atoms with Crippen LogP contribution in [0.2, 0.25) is 0 Å². The van der Waals surface area contributed by atoms with Crippen molar-refractivity contribution in [3.8, 4) is 17.3 Å². The number of hydrogen-bond donors (Lipinski definition) is 0. The third kappa shape index (κ3) is 4.19. The van der Waals surface area contributed by atoms with E-state index in [1.54, 1.807) is 36.1 Å². The maximum Gasteiger partial charge on any atom is 0.344 e. The van der Waals surface area contributed by atoms with E-state index >= 15 is 0 Å². The van der Waals surface area contributed by atoms with Gasteiger partial charge in [-0.2, -0.15) is 5.10 Å². The zero-order chi connectivity index (χ0) is 19.6. The molecule has 5 nitrogen and oxygen atoms in total. The fourth-order valence-corrected chi connectivity index (χ4v) is 2.63. The molecule has 0 aliphatic rings. The predicted octanol–water partition coefficient (Wildman–Crippen LogP) is 4.71. The van der Waals surface area contributed by atoms with Gasteiger partial charge in [0, 0.05) is 11.5 Å². The molecule has 0 spiro atoms. The van der Waals surface area contributed by atoms with Gasteiger partial charge in [-0.3, -0.25) is 0 Å². The van der Waals surface area contributed by atoms with Gasteiger partial charge in [0.05, 0.1) is 24.1 Å². The van der Waals surface area contributed by atoms with Gasteiger partial charge in [-0.05, 0) is 48.9 Å². The van der Waals surface area contributed by atoms with Crippen molar-refractivity contribution in [2.45, 2.75) is 33.1 Å². The molecular formula is C22H24N2O3. The van der Waals surface area contributed by atoms with Crippen molar-refractivity contribution in [3.05, 3.63) is 71.4 Å². The number of esters is 1. The normalized spacial score (nSPS) is 11.3. The number of benzene rings is 2. The fraction of sp³-hybridized carbons (Fsp3) is 0.273. The fourth-order valence-electron chi connectivity index (χ4n) is 2.63. The molecule has 0 saturated heterocycles. The summed E-state index contributed by atoms with van der Waals surface area (Å²) in [6.45, 7) is 8.24. The molecule has 140 valence electrons. The molecule has 2 aromatic carbocycles. The van der Waals surface area contributed by atoms with Crippen LogP contribution in [0.3, 0.4) is 0 Å². The van der Waals surface area contributed by atoms with E-state index in [1.807, 2.05) is 37.3 Å². The topological polar surface area (TPSA) is 53.4 Å². The highest BCUT2D eigenvalue weighted by atomic mass is 16.5. The second-order valence-electron chi connectivity index (χ2n) is 7.49. The lowest BCUT2D eigenvalue weighted by Crippen LogP contribution is -2.13. The number of aromatic nitrogens is 2. The van der Waals surface area contributed by atoms with E-state index in [0.717, 1.165) is 16.9 Å². The Morgan fingerprint density at radius 2 is 1.74 bits per heavy atom. The Labute approximate surface area is 159 Å². The molecule has 1 aromatic heterocycles. The molecule has 3 aromatic rings. The lowest BCUT2D eigenvalue weighted by atomic mass is 9.93. The minimum atomic E-state index is -0.438. The SMILES string of the molecule is COc1ccc(C(=O)Oc2cc(C(C)(C)C)nn2-c2cccc(C)c2)cc1. The number of hydrogen-bond acceptors (Lipinski definition) is 4. The van der Waals surface area contributed by atoms with E-state index in [0.29, 0.717) is 17.2 Å². The molecular weight excluding hydrogens is 340 g/mol. The first-order chi connectivity index (χ1) is 12.8. The zero-order valence-electron chi connectivity index (χ0n) is 16.3. The van der Waals surface area contributed by atoms with Crippen LogP contribution < -0.4 is 9.47 Å². The van der Waals surface area contributed by atoms with Gasteiger partial charge >= 0.3 is 5.97 Å². The second-order valence-corrected chi connectivity index (χ2v) is 7.49. The summed E-state index contributed by atoms with van der Waals surface area (Å²) < 4.78 is 12.5. The van der Waals surface area contributed by atoms with Gasteiger partial charge in [0.1, 0.15) is 5.75 Å². The standard InChI is InChI=1S/C22H24N2O3/c1-15-7-6-8-17(13-15)24-20(14-19(23-24)22(2,3)4)27-21(25)16-9-11-18(26-5)12-10-16/h6-14H,1-5H3. The van der Waals surface area contributed by atoms with Crippen LogP contribution in [0.4, 0.5) is 0 Å². The molecule has 27 heavy (non-hydrogen) atoms. The largest absolute Gasteiger partial charge is 0.497 e. The molecule has 0 atom stereocenters. The highest BCUT2D eigenvalue weighted by Crippen LogP contribution is 2.28. The monoisotopic (exact) mass is 364 g/mol. The predicted molar refractivity (Wildman–Crippen MR) is 105 cm³/mol. The molecule has 0 fully saturated rings. The number of carbonyl (C=O) groups is 1. The van der Waals surface area contributed by atoms with Crippen LogP contribution in [0.1, 0.15) is 42.4 Å². The number of nitrogens with zero attached hydrogens (tertiary/aromatic N) is 2. The molecule has 0 aliphatic heterocycles. The Kier molecular flexibility index (Phi) is 5.04. The first-order valence-corrected chi connectivity index (χ1v) is 8.82. The van der Waals surface area contributed by atoms with Crippen molar-refractivity contribution in [1.29, 1.82) is 0 Å². The van der Waals surface area contributed by atoms with Crippen molar-refractivity contribution >= 4 is 5.97 Å². The highest BCUT2D eigenvalue weighted by molar-refractivity contribution is 5.91. The quantitative estimate of drug-likeness (QED) is 0.629. The van der Waals surface area contributed by atoms with E-state index in [1.165, 1.54) is 0 Å². The summed E-state index contributed by atoms with van der Waals surface area (Å²) >= 11 is 0. The van der Waals surface area contributed by atoms with E-state index in [9.17, 15) is 4.79 Å². The maximum atomic E-state index is 12.6. The minimum absolute atomic E-state index is 0.170. The van der Waals surface area contributed by atoms with Gasteiger partial charge in [0.25, 0.3) is 0 Å². The van der Waals surface area contributed by atoms with Gasteiger partial charge in [-0.25, -0.2) is 9.48 Å². The van der Waals surface area contributed by atoms with Gasteiger partial charge in [-0.1, -0.05) is 32.9 Å². The Hall–Kier alpha value is -3.08. The van der Waals surface area contributed by atoms with Crippen molar-refractivity contribution < 1.29 is 14.3 Å². The Morgan fingerprint density at radius 3 is 2.33 bits per heavy atom. The molecule has 0 unspecified atom stereocenters. The summed E-state index contributed by atoms with van der Waals surface area (Å²) in [4.78, 5) is 12.6. The minimum Gasteiger partial charge on any atom is -0.497 e. The van der Waals surface area contributed by atoms with Crippen LogP contribution in [0.15, 0.2) is 54.6 Å². The van der Waals surface area contributed by atoms with Crippen molar-refractivity contribution in [2.75, 3.05) is 7.11 Å². The lowest BCUT2D eigenvalue weighted by molar-refractivity contribution is 0.0723. The molecule has 1 heterocycles. The Morgan fingerprint density at radius 1 is 1.04 bits per heavy atom. The molecule has 0 bridgehead atoms. The molecule has 0 radical (unpaired) electrons. The number of methoxy groups -OCH3 is 1. The van der Waals surface area contributed by atoms with E-state index in [4.69, 9.17) is 9.47 Å². The van der Waals surface area contributed by atoms with Crippen molar-refractivity contribution in [3.63, 3.8) is 0 Å². The summed E-state index contributed by atoms with van der Waals surface area (Å²) in [7, 11) is 1.59. The van der Waals surface area contributed by atoms with Gasteiger partial charge in [-0.15, -0.1) is 0 Å². The highest BCUT2D eigenvalue weighted by Gasteiger charge is 2.23. The maximum absolute atomic E-state index is 12.6. The van der Waals surface area contributed by atoms with Crippen LogP contribution in [-0.4, -0.2) is 22.9 Å². The van der Waals surface area contributed by atoms with Crippen LogP contribution in [0.5, 0.6) is 11.6 Å². The van der Waals surface area contributed by atoms with Crippen molar-refractivity contribution in [2.24, 2.45) is 0 Å². The summed E-state index contributed by atoms with van der Waals surface area (Å²) in [5, 5.41) is 4.69. The summed E-state index contributed by atoms with van der Waals surface area (Å²) in [5.41, 5.74) is 3.08. The van der Waals surface area contributed by atoms with Gasteiger partial charge < -0.3 is 9.47 Å². The van der Waals surface area contributed by atoms with E-state index in [2.05, 4.69) is 25.9 Å². The van der Waals surface area contributed by atoms with Gasteiger partial charge in [0.2, 0.25) is 5.88 Å². The number of aryl methyl sites for hydroxylation is 1. The summed E-state index contributed by atoms with van der Waals surface area (Å²) in [6, 6.07) is 16.6. The molecule has 0 amide bonds. The smallest absolute Gasteiger partial charge is 0.344 e. The van der Waals surface area contributed by atoms with E-state index in [-0.39, 0.29) is 5.41 Å². The van der Waals surface area contributed by atoms with Crippen LogP contribution in [-0.2, 0) is 5.41 Å². The van der Waals surface area contributed by atoms with Crippen LogP contribution >= 0.6 is 0 Å². The number of ether oxygens (including phenoxy) is 2. The Balaban J connectivity index is 1.97. The second kappa shape index (κ2) is 7.27. The van der Waals surface area contributed by atoms with Crippen LogP contribution in [0.25, 0.3) is 5.69 Å². The first kappa shape index (κ1) is 18.7. The average Bonchev–Trinajstić information content (AvgIpc) is 3.06. The van der Waals surface area contributed by atoms with Gasteiger partial charge in [0.15, 0.2) is 0 Å². The molecule has 3 rings (SSSR count). The lowest BCUT2D eigenvalue weighted by Gasteiger charge is -2.14.